The molecule has 2 aromatic rings. The molecule has 7 nitrogen and oxygen atoms in total. The molecule has 1 N–H and O–H groups in total. The monoisotopic (exact) mass is 298 g/mol. The highest BCUT2D eigenvalue weighted by Crippen LogP contribution is 2.32. The topological polar surface area (TPSA) is 106 Å². The maximum absolute atomic E-state index is 11.3. The first-order valence-electron chi connectivity index (χ1n) is 4.99. The Labute approximate surface area is 115 Å². The van der Waals surface area contributed by atoms with Gasteiger partial charge < -0.3 is 9.66 Å². The molecule has 0 aliphatic carbocycles. The maximum Gasteiger partial charge on any atom is 0.357 e. The first-order chi connectivity index (χ1) is 9.00. The van der Waals surface area contributed by atoms with Gasteiger partial charge in [-0.25, -0.2) is 9.78 Å². The average molecular weight is 298 g/mol. The van der Waals surface area contributed by atoms with Crippen LogP contribution < -0.4 is 4.31 Å². The van der Waals surface area contributed by atoms with Crippen molar-refractivity contribution in [3.8, 4) is 0 Å². The molecule has 0 bridgehead atoms. The van der Waals surface area contributed by atoms with E-state index in [1.165, 1.54) is 11.7 Å². The van der Waals surface area contributed by atoms with Gasteiger partial charge in [0.15, 0.2) is 5.69 Å². The third-order valence-corrected chi connectivity index (χ3v) is 3.83. The molecule has 0 saturated carbocycles. The smallest absolute Gasteiger partial charge is 0.357 e. The molecule has 0 aliphatic rings. The van der Waals surface area contributed by atoms with E-state index in [2.05, 4.69) is 9.97 Å². The van der Waals surface area contributed by atoms with E-state index in [1.807, 2.05) is 0 Å². The zero-order chi connectivity index (χ0) is 14.0. The first-order valence-corrected chi connectivity index (χ1v) is 6.91. The average Bonchev–Trinajstić information content (AvgIpc) is 2.80. The van der Waals surface area contributed by atoms with Gasteiger partial charge in [0.05, 0.1) is 28.7 Å². The van der Waals surface area contributed by atoms with Gasteiger partial charge in [-0.3, -0.25) is 13.5 Å². The van der Waals surface area contributed by atoms with Crippen molar-refractivity contribution in [3.05, 3.63) is 35.2 Å². The number of aromatic nitrogens is 2. The number of carbonyl (C=O) groups is 1. The van der Waals surface area contributed by atoms with Crippen LogP contribution in [-0.4, -0.2) is 29.8 Å². The third-order valence-electron chi connectivity index (χ3n) is 2.22. The summed E-state index contributed by atoms with van der Waals surface area (Å²) < 4.78 is 23.5. The fourth-order valence-electron chi connectivity index (χ4n) is 1.38. The van der Waals surface area contributed by atoms with Gasteiger partial charge in [-0.15, -0.1) is 11.3 Å². The fourth-order valence-corrected chi connectivity index (χ4v) is 2.91. The minimum absolute atomic E-state index is 0.0199. The lowest BCUT2D eigenvalue weighted by Crippen LogP contribution is -2.21. The number of carboxylic acids is 1. The van der Waals surface area contributed by atoms with Crippen LogP contribution in [0.1, 0.15) is 16.2 Å². The summed E-state index contributed by atoms with van der Waals surface area (Å²) in [6.45, 7) is 1.76. The fraction of sp³-hybridized carbons (Fsp3) is 0.100. The van der Waals surface area contributed by atoms with Crippen molar-refractivity contribution in [1.82, 2.24) is 9.97 Å². The van der Waals surface area contributed by atoms with Crippen LogP contribution in [0.15, 0.2) is 23.8 Å². The van der Waals surface area contributed by atoms with Crippen molar-refractivity contribution in [2.24, 2.45) is 0 Å². The second-order valence-electron chi connectivity index (χ2n) is 3.48. The van der Waals surface area contributed by atoms with Crippen LogP contribution in [0.25, 0.3) is 0 Å². The Kier molecular flexibility index (Phi) is 3.88. The summed E-state index contributed by atoms with van der Waals surface area (Å²) in [4.78, 5) is 18.6. The molecule has 2 heterocycles. The lowest BCUT2D eigenvalue weighted by atomic mass is 10.3. The van der Waals surface area contributed by atoms with Crippen molar-refractivity contribution < 1.29 is 18.7 Å². The van der Waals surface area contributed by atoms with Gasteiger partial charge in [0.25, 0.3) is 0 Å². The number of pyridine rings is 1. The van der Waals surface area contributed by atoms with E-state index in [4.69, 9.17) is 5.11 Å². The van der Waals surface area contributed by atoms with E-state index in [1.54, 1.807) is 19.1 Å². The predicted molar refractivity (Wildman–Crippen MR) is 69.1 cm³/mol. The summed E-state index contributed by atoms with van der Waals surface area (Å²) in [6.07, 6.45) is 1.36. The normalized spacial score (nSPS) is 12.1. The molecule has 1 atom stereocenters. The van der Waals surface area contributed by atoms with E-state index in [-0.39, 0.29) is 16.4 Å². The molecule has 0 spiro atoms. The molecule has 0 aromatic carbocycles. The Morgan fingerprint density at radius 1 is 1.47 bits per heavy atom. The van der Waals surface area contributed by atoms with Crippen molar-refractivity contribution in [3.63, 3.8) is 0 Å². The van der Waals surface area contributed by atoms with Gasteiger partial charge in [0.1, 0.15) is 5.00 Å². The number of carboxylic acid groups (broad SMARTS) is 1. The first kappa shape index (κ1) is 13.6. The van der Waals surface area contributed by atoms with Gasteiger partial charge in [-0.05, 0) is 19.1 Å². The largest absolute Gasteiger partial charge is 0.755 e. The van der Waals surface area contributed by atoms with Gasteiger partial charge in [0.2, 0.25) is 0 Å². The van der Waals surface area contributed by atoms with Crippen LogP contribution in [0.2, 0.25) is 0 Å². The van der Waals surface area contributed by atoms with E-state index < -0.39 is 17.2 Å². The maximum atomic E-state index is 11.3. The Morgan fingerprint density at radius 2 is 2.21 bits per heavy atom. The van der Waals surface area contributed by atoms with E-state index in [9.17, 15) is 13.6 Å². The van der Waals surface area contributed by atoms with E-state index in [0.29, 0.717) is 0 Å². The van der Waals surface area contributed by atoms with Gasteiger partial charge in [0, 0.05) is 5.69 Å². The van der Waals surface area contributed by atoms with Crippen LogP contribution in [0, 0.1) is 6.92 Å². The van der Waals surface area contributed by atoms with E-state index >= 15 is 0 Å². The van der Waals surface area contributed by atoms with Crippen LogP contribution in [0.3, 0.4) is 0 Å². The second-order valence-corrected chi connectivity index (χ2v) is 5.11. The number of anilines is 2. The zero-order valence-corrected chi connectivity index (χ0v) is 11.3. The Balaban J connectivity index is 2.52. The van der Waals surface area contributed by atoms with Crippen LogP contribution >= 0.6 is 11.3 Å². The number of nitrogens with zero attached hydrogens (tertiary/aromatic N) is 3. The van der Waals surface area contributed by atoms with Crippen molar-refractivity contribution in [2.45, 2.75) is 6.92 Å². The second kappa shape index (κ2) is 5.43. The van der Waals surface area contributed by atoms with Gasteiger partial charge in [-0.1, -0.05) is 0 Å². The molecule has 19 heavy (non-hydrogen) atoms. The van der Waals surface area contributed by atoms with Crippen LogP contribution in [0.5, 0.6) is 0 Å². The molecule has 0 saturated heterocycles. The van der Waals surface area contributed by atoms with Crippen LogP contribution in [0.4, 0.5) is 10.7 Å². The Hall–Kier alpha value is -1.84. The van der Waals surface area contributed by atoms with Gasteiger partial charge >= 0.3 is 5.97 Å². The zero-order valence-electron chi connectivity index (χ0n) is 9.64. The summed E-state index contributed by atoms with van der Waals surface area (Å²) in [5.74, 6) is -1.29. The summed E-state index contributed by atoms with van der Waals surface area (Å²) in [5, 5.41) is 9.00. The summed E-state index contributed by atoms with van der Waals surface area (Å²) in [5.41, 5.74) is 1.95. The number of hydrogen-bond acceptors (Lipinski definition) is 6. The minimum atomic E-state index is -2.67. The quantitative estimate of drug-likeness (QED) is 0.857. The minimum Gasteiger partial charge on any atom is -0.755 e. The molecule has 1 unspecified atom stereocenters. The summed E-state index contributed by atoms with van der Waals surface area (Å²) >= 11 is -1.74. The van der Waals surface area contributed by atoms with Crippen molar-refractivity contribution in [1.29, 1.82) is 0 Å². The number of aromatic carboxylic acids is 1. The summed E-state index contributed by atoms with van der Waals surface area (Å²) in [7, 11) is 0. The highest BCUT2D eigenvalue weighted by molar-refractivity contribution is 7.81. The molecule has 0 amide bonds. The number of hydrogen-bond donors (Lipinski definition) is 1. The van der Waals surface area contributed by atoms with Crippen LogP contribution in [-0.2, 0) is 11.3 Å². The van der Waals surface area contributed by atoms with Crippen molar-refractivity contribution >= 4 is 39.3 Å². The van der Waals surface area contributed by atoms with Gasteiger partial charge in [-0.2, -0.15) is 0 Å². The highest BCUT2D eigenvalue weighted by atomic mass is 32.2. The highest BCUT2D eigenvalue weighted by Gasteiger charge is 2.21. The molecule has 2 aromatic heterocycles. The lowest BCUT2D eigenvalue weighted by Gasteiger charge is -2.24. The standard InChI is InChI=1S/C10H9N3O4S2/c1-6-2-3-7(4-11-6)13(19(16)17)9-8(10(14)15)12-5-18-9/h2-5H,1H3,(H,14,15)(H,16,17)/p-1. The Bertz CT molecular complexity index is 626. The third kappa shape index (κ3) is 2.78. The molecule has 0 aliphatic heterocycles. The SMILES string of the molecule is Cc1ccc(N(c2scnc2C(=O)O)S(=O)[O-])cn1. The Morgan fingerprint density at radius 3 is 2.74 bits per heavy atom. The molecule has 0 radical (unpaired) electrons. The number of rotatable bonds is 4. The predicted octanol–water partition coefficient (Wildman–Crippen LogP) is 1.48. The van der Waals surface area contributed by atoms with E-state index in [0.717, 1.165) is 21.3 Å². The number of thiazole rings is 1. The molecular weight excluding hydrogens is 290 g/mol. The summed E-state index contributed by atoms with van der Waals surface area (Å²) in [6, 6.07) is 3.18. The molecule has 9 heteroatoms. The molecule has 0 fully saturated rings. The molecule has 100 valence electrons. The molecule has 2 rings (SSSR count). The molecular formula is C10H8N3O4S2-. The van der Waals surface area contributed by atoms with Crippen molar-refractivity contribution in [2.75, 3.05) is 4.31 Å². The lowest BCUT2D eigenvalue weighted by molar-refractivity contribution is 0.0692. The number of aryl methyl sites for hydroxylation is 1.